The first-order chi connectivity index (χ1) is 14.2. The zero-order valence-electron chi connectivity index (χ0n) is 16.8. The molecule has 29 heavy (non-hydrogen) atoms. The van der Waals surface area contributed by atoms with Gasteiger partial charge in [0.05, 0.1) is 5.69 Å². The minimum Gasteiger partial charge on any atom is -0.337 e. The highest BCUT2D eigenvalue weighted by Crippen LogP contribution is 2.27. The number of fused-ring (bicyclic) bond motifs is 1. The molecule has 0 radical (unpaired) electrons. The van der Waals surface area contributed by atoms with Gasteiger partial charge in [-0.15, -0.1) is 11.3 Å². The molecule has 0 saturated carbocycles. The van der Waals surface area contributed by atoms with Gasteiger partial charge in [-0.25, -0.2) is 4.98 Å². The van der Waals surface area contributed by atoms with Gasteiger partial charge in [0.2, 0.25) is 0 Å². The van der Waals surface area contributed by atoms with Crippen LogP contribution in [0.4, 0.5) is 0 Å². The van der Waals surface area contributed by atoms with E-state index in [9.17, 15) is 4.79 Å². The number of aromatic nitrogens is 2. The third-order valence-electron chi connectivity index (χ3n) is 6.25. The van der Waals surface area contributed by atoms with E-state index in [2.05, 4.69) is 51.6 Å². The van der Waals surface area contributed by atoms with Crippen LogP contribution >= 0.6 is 11.3 Å². The maximum Gasteiger partial charge on any atom is 0.274 e. The highest BCUT2D eigenvalue weighted by atomic mass is 32.1. The van der Waals surface area contributed by atoms with Gasteiger partial charge in [0.25, 0.3) is 5.91 Å². The lowest BCUT2D eigenvalue weighted by molar-refractivity contribution is 0.0773. The Balaban J connectivity index is 1.41. The van der Waals surface area contributed by atoms with Crippen LogP contribution in [0.15, 0.2) is 41.9 Å². The van der Waals surface area contributed by atoms with Gasteiger partial charge in [-0.1, -0.05) is 30.3 Å². The van der Waals surface area contributed by atoms with E-state index < -0.39 is 0 Å². The number of benzene rings is 1. The van der Waals surface area contributed by atoms with Crippen molar-refractivity contribution in [1.82, 2.24) is 24.1 Å². The van der Waals surface area contributed by atoms with Crippen LogP contribution in [0.3, 0.4) is 0 Å². The summed E-state index contributed by atoms with van der Waals surface area (Å²) in [6, 6.07) is 11.1. The minimum atomic E-state index is 0.0992. The van der Waals surface area contributed by atoms with Crippen LogP contribution in [0.1, 0.15) is 40.6 Å². The van der Waals surface area contributed by atoms with Crippen LogP contribution in [0, 0.1) is 0 Å². The maximum absolute atomic E-state index is 13.1. The molecule has 1 amide bonds. The largest absolute Gasteiger partial charge is 0.337 e. The topological polar surface area (TPSA) is 44.1 Å². The van der Waals surface area contributed by atoms with Crippen LogP contribution in [-0.4, -0.2) is 69.8 Å². The molecule has 0 spiro atoms. The van der Waals surface area contributed by atoms with Crippen molar-refractivity contribution < 1.29 is 4.79 Å². The Hall–Kier alpha value is -2.22. The number of piperazine rings is 1. The third kappa shape index (κ3) is 3.58. The van der Waals surface area contributed by atoms with E-state index in [1.54, 1.807) is 11.3 Å². The molecule has 7 heteroatoms. The predicted octanol–water partition coefficient (Wildman–Crippen LogP) is 3.12. The molecule has 0 N–H and O–H groups in total. The molecule has 2 aliphatic rings. The van der Waals surface area contributed by atoms with Crippen LogP contribution in [0.2, 0.25) is 0 Å². The maximum atomic E-state index is 13.1. The van der Waals surface area contributed by atoms with E-state index in [1.807, 2.05) is 16.5 Å². The second-order valence-electron chi connectivity index (χ2n) is 8.10. The fraction of sp³-hybridized carbons (Fsp3) is 0.455. The summed E-state index contributed by atoms with van der Waals surface area (Å²) in [5.74, 6) is 0.0992. The summed E-state index contributed by atoms with van der Waals surface area (Å²) in [6.45, 7) is 5.43. The van der Waals surface area contributed by atoms with Crippen molar-refractivity contribution in [2.45, 2.75) is 25.4 Å². The van der Waals surface area contributed by atoms with Crippen LogP contribution in [-0.2, 0) is 6.54 Å². The van der Waals surface area contributed by atoms with Crippen molar-refractivity contribution in [3.63, 3.8) is 0 Å². The average Bonchev–Trinajstić information content (AvgIpc) is 3.48. The van der Waals surface area contributed by atoms with Crippen molar-refractivity contribution >= 4 is 22.2 Å². The van der Waals surface area contributed by atoms with Gasteiger partial charge in [0.1, 0.15) is 0 Å². The fourth-order valence-electron chi connectivity index (χ4n) is 4.55. The zero-order chi connectivity index (χ0) is 19.8. The molecule has 4 heterocycles. The number of thiazole rings is 1. The van der Waals surface area contributed by atoms with Crippen LogP contribution in [0.5, 0.6) is 0 Å². The molecule has 0 bridgehead atoms. The Morgan fingerprint density at radius 2 is 1.93 bits per heavy atom. The van der Waals surface area contributed by atoms with Gasteiger partial charge < -0.3 is 4.90 Å². The van der Waals surface area contributed by atoms with Gasteiger partial charge in [-0.3, -0.25) is 19.0 Å². The van der Waals surface area contributed by atoms with E-state index in [-0.39, 0.29) is 5.91 Å². The first-order valence-electron chi connectivity index (χ1n) is 10.4. The number of imidazole rings is 1. The lowest BCUT2D eigenvalue weighted by atomic mass is 10.0. The lowest BCUT2D eigenvalue weighted by Gasteiger charge is -2.39. The molecule has 5 rings (SSSR count). The summed E-state index contributed by atoms with van der Waals surface area (Å²) >= 11 is 1.60. The van der Waals surface area contributed by atoms with Gasteiger partial charge in [0, 0.05) is 56.9 Å². The number of hydrogen-bond acceptors (Lipinski definition) is 5. The molecule has 2 aliphatic heterocycles. The molecule has 2 fully saturated rings. The summed E-state index contributed by atoms with van der Waals surface area (Å²) in [7, 11) is 2.20. The Labute approximate surface area is 175 Å². The van der Waals surface area contributed by atoms with Crippen LogP contribution < -0.4 is 0 Å². The van der Waals surface area contributed by atoms with E-state index in [4.69, 9.17) is 4.98 Å². The number of amides is 1. The molecule has 2 saturated heterocycles. The fourth-order valence-corrected chi connectivity index (χ4v) is 5.28. The first-order valence-corrected chi connectivity index (χ1v) is 11.3. The second-order valence-corrected chi connectivity index (χ2v) is 8.98. The molecule has 1 aromatic carbocycles. The summed E-state index contributed by atoms with van der Waals surface area (Å²) in [5.41, 5.74) is 3.03. The highest BCUT2D eigenvalue weighted by Gasteiger charge is 2.30. The molecule has 0 aliphatic carbocycles. The normalized spacial score (nSPS) is 21.3. The van der Waals surface area contributed by atoms with Crippen molar-refractivity contribution in [2.24, 2.45) is 0 Å². The average molecular weight is 410 g/mol. The standard InChI is InChI=1S/C22H27N5OS/c1-24-11-12-25(15-18(24)17-7-3-2-4-8-17)16-19-20(21(28)26-9-5-6-10-26)23-22-27(19)13-14-29-22/h2-4,7-8,13-14,18H,5-6,9-12,15-16H2,1H3/t18-/m1/s1. The van der Waals surface area contributed by atoms with E-state index >= 15 is 0 Å². The number of carbonyl (C=O) groups is 1. The van der Waals surface area contributed by atoms with Gasteiger partial charge in [-0.05, 0) is 25.5 Å². The van der Waals surface area contributed by atoms with E-state index in [0.29, 0.717) is 11.7 Å². The number of hydrogen-bond donors (Lipinski definition) is 0. The number of likely N-dealkylation sites (N-methyl/N-ethyl adjacent to an activating group) is 1. The zero-order valence-corrected chi connectivity index (χ0v) is 17.6. The molecular weight excluding hydrogens is 382 g/mol. The molecule has 0 unspecified atom stereocenters. The third-order valence-corrected chi connectivity index (χ3v) is 7.00. The quantitative estimate of drug-likeness (QED) is 0.664. The summed E-state index contributed by atoms with van der Waals surface area (Å²) in [5, 5.41) is 2.05. The Bertz CT molecular complexity index is 991. The minimum absolute atomic E-state index is 0.0992. The molecule has 6 nitrogen and oxygen atoms in total. The Kier molecular flexibility index (Phi) is 5.11. The molecule has 1 atom stereocenters. The predicted molar refractivity (Wildman–Crippen MR) is 115 cm³/mol. The Morgan fingerprint density at radius 3 is 2.72 bits per heavy atom. The van der Waals surface area contributed by atoms with Gasteiger partial charge in [-0.2, -0.15) is 0 Å². The van der Waals surface area contributed by atoms with Gasteiger partial charge in [0.15, 0.2) is 10.7 Å². The first kappa shape index (κ1) is 18.8. The molecule has 3 aromatic rings. The SMILES string of the molecule is CN1CCN(Cc2c(C(=O)N3CCCC3)nc3sccn23)C[C@@H]1c1ccccc1. The highest BCUT2D eigenvalue weighted by molar-refractivity contribution is 7.15. The smallest absolute Gasteiger partial charge is 0.274 e. The number of carbonyl (C=O) groups excluding carboxylic acids is 1. The van der Waals surface area contributed by atoms with Crippen molar-refractivity contribution in [2.75, 3.05) is 39.8 Å². The number of nitrogens with zero attached hydrogens (tertiary/aromatic N) is 5. The summed E-state index contributed by atoms with van der Waals surface area (Å²) < 4.78 is 2.11. The van der Waals surface area contributed by atoms with Crippen molar-refractivity contribution in [3.8, 4) is 0 Å². The summed E-state index contributed by atoms with van der Waals surface area (Å²) in [6.07, 6.45) is 4.24. The van der Waals surface area contributed by atoms with Crippen LogP contribution in [0.25, 0.3) is 4.96 Å². The number of likely N-dealkylation sites (tertiary alicyclic amines) is 1. The lowest BCUT2D eigenvalue weighted by Crippen LogP contribution is -2.46. The molecule has 2 aromatic heterocycles. The second kappa shape index (κ2) is 7.89. The van der Waals surface area contributed by atoms with Crippen molar-refractivity contribution in [3.05, 3.63) is 58.9 Å². The van der Waals surface area contributed by atoms with E-state index in [0.717, 1.165) is 62.8 Å². The van der Waals surface area contributed by atoms with E-state index in [1.165, 1.54) is 5.56 Å². The van der Waals surface area contributed by atoms with Gasteiger partial charge >= 0.3 is 0 Å². The Morgan fingerprint density at radius 1 is 1.14 bits per heavy atom. The molecular formula is C22H27N5OS. The number of rotatable bonds is 4. The summed E-state index contributed by atoms with van der Waals surface area (Å²) in [4.78, 5) is 25.7. The monoisotopic (exact) mass is 409 g/mol. The van der Waals surface area contributed by atoms with Crippen molar-refractivity contribution in [1.29, 1.82) is 0 Å². The molecule has 152 valence electrons.